The quantitative estimate of drug-likeness (QED) is 0.782. The van der Waals surface area contributed by atoms with Crippen LogP contribution in [0.2, 0.25) is 0 Å². The van der Waals surface area contributed by atoms with Crippen LogP contribution >= 0.6 is 11.3 Å². The van der Waals surface area contributed by atoms with Crippen LogP contribution in [0, 0.1) is 19.8 Å². The van der Waals surface area contributed by atoms with Gasteiger partial charge in [-0.1, -0.05) is 0 Å². The van der Waals surface area contributed by atoms with Gasteiger partial charge in [0.15, 0.2) is 0 Å². The number of hydrogen-bond acceptors (Lipinski definition) is 3. The molecule has 4 heterocycles. The summed E-state index contributed by atoms with van der Waals surface area (Å²) in [6, 6.07) is 6.11. The largest absolute Gasteiger partial charge is 0.342 e. The van der Waals surface area contributed by atoms with Gasteiger partial charge in [-0.25, -0.2) is 0 Å². The van der Waals surface area contributed by atoms with E-state index in [2.05, 4.69) is 30.5 Å². The summed E-state index contributed by atoms with van der Waals surface area (Å²) in [7, 11) is 0. The molecule has 2 saturated heterocycles. The van der Waals surface area contributed by atoms with Gasteiger partial charge >= 0.3 is 0 Å². The number of nitrogens with zero attached hydrogens (tertiary/aromatic N) is 3. The van der Waals surface area contributed by atoms with E-state index < -0.39 is 0 Å². The Hall–Kier alpha value is -2.08. The summed E-state index contributed by atoms with van der Waals surface area (Å²) in [5.41, 5.74) is 3.05. The van der Waals surface area contributed by atoms with Crippen LogP contribution in [0.5, 0.6) is 0 Å². The predicted molar refractivity (Wildman–Crippen MR) is 112 cm³/mol. The standard InChI is InChI=1S/C22H29N3O2S/c1-16-6-7-17(2)25(16)22-19(10-15-28-22)21(27)24-13-8-18(9-14-24)20(26)23-11-4-3-5-12-23/h6-7,10,15,18H,3-5,8-9,11-14H2,1-2H3. The molecule has 6 heteroatoms. The Morgan fingerprint density at radius 2 is 1.54 bits per heavy atom. The van der Waals surface area contributed by atoms with E-state index in [1.54, 1.807) is 11.3 Å². The van der Waals surface area contributed by atoms with Gasteiger partial charge in [0.25, 0.3) is 5.91 Å². The van der Waals surface area contributed by atoms with E-state index in [1.165, 1.54) is 6.42 Å². The summed E-state index contributed by atoms with van der Waals surface area (Å²) in [6.45, 7) is 7.29. The number of thiophene rings is 1. The average Bonchev–Trinajstić information content (AvgIpc) is 3.33. The lowest BCUT2D eigenvalue weighted by Gasteiger charge is -2.35. The van der Waals surface area contributed by atoms with E-state index in [9.17, 15) is 9.59 Å². The van der Waals surface area contributed by atoms with Gasteiger partial charge in [0.05, 0.1) is 5.56 Å². The smallest absolute Gasteiger partial charge is 0.256 e. The third kappa shape index (κ3) is 3.62. The Morgan fingerprint density at radius 1 is 0.893 bits per heavy atom. The van der Waals surface area contributed by atoms with Crippen LogP contribution in [0.4, 0.5) is 0 Å². The SMILES string of the molecule is Cc1ccc(C)n1-c1sccc1C(=O)N1CCC(C(=O)N2CCCCC2)CC1. The second-order valence-corrected chi connectivity index (χ2v) is 8.94. The summed E-state index contributed by atoms with van der Waals surface area (Å²) in [4.78, 5) is 29.9. The zero-order valence-corrected chi connectivity index (χ0v) is 17.6. The Kier molecular flexibility index (Phi) is 5.58. The number of carbonyl (C=O) groups is 2. The average molecular weight is 400 g/mol. The van der Waals surface area contributed by atoms with E-state index in [1.807, 2.05) is 21.2 Å². The first-order chi connectivity index (χ1) is 13.6. The Labute approximate surface area is 170 Å². The molecule has 0 aromatic carbocycles. The van der Waals surface area contributed by atoms with Crippen molar-refractivity contribution >= 4 is 23.2 Å². The summed E-state index contributed by atoms with van der Waals surface area (Å²) in [6.07, 6.45) is 5.05. The first-order valence-corrected chi connectivity index (χ1v) is 11.2. The highest BCUT2D eigenvalue weighted by molar-refractivity contribution is 7.13. The molecule has 2 aliphatic heterocycles. The van der Waals surface area contributed by atoms with Crippen LogP contribution in [-0.4, -0.2) is 52.4 Å². The molecule has 2 aliphatic rings. The number of carbonyl (C=O) groups excluding carboxylic acids is 2. The number of likely N-dealkylation sites (tertiary alicyclic amines) is 2. The molecule has 2 aromatic heterocycles. The van der Waals surface area contributed by atoms with Crippen molar-refractivity contribution in [2.45, 2.75) is 46.0 Å². The fourth-order valence-corrected chi connectivity index (χ4v) is 5.51. The third-order valence-corrected chi connectivity index (χ3v) is 7.05. The summed E-state index contributed by atoms with van der Waals surface area (Å²) in [5, 5.41) is 2.99. The molecule has 0 spiro atoms. The lowest BCUT2D eigenvalue weighted by molar-refractivity contribution is -0.137. The Balaban J connectivity index is 1.43. The van der Waals surface area contributed by atoms with Crippen molar-refractivity contribution in [1.82, 2.24) is 14.4 Å². The van der Waals surface area contributed by atoms with Gasteiger partial charge in [0, 0.05) is 43.5 Å². The van der Waals surface area contributed by atoms with Crippen molar-refractivity contribution in [3.8, 4) is 5.00 Å². The summed E-state index contributed by atoms with van der Waals surface area (Å²) in [5.74, 6) is 0.479. The highest BCUT2D eigenvalue weighted by Gasteiger charge is 2.32. The lowest BCUT2D eigenvalue weighted by atomic mass is 9.94. The van der Waals surface area contributed by atoms with E-state index in [-0.39, 0.29) is 11.8 Å². The van der Waals surface area contributed by atoms with Crippen LogP contribution in [0.1, 0.15) is 53.8 Å². The van der Waals surface area contributed by atoms with Gasteiger partial charge in [-0.3, -0.25) is 9.59 Å². The third-order valence-electron chi connectivity index (χ3n) is 6.15. The normalized spacial score (nSPS) is 18.5. The fraction of sp³-hybridized carbons (Fsp3) is 0.545. The first-order valence-electron chi connectivity index (χ1n) is 10.4. The van der Waals surface area contributed by atoms with Crippen molar-refractivity contribution in [2.75, 3.05) is 26.2 Å². The molecular weight excluding hydrogens is 370 g/mol. The minimum Gasteiger partial charge on any atom is -0.342 e. The molecule has 0 radical (unpaired) electrons. The molecule has 2 aromatic rings. The van der Waals surface area contributed by atoms with E-state index in [0.29, 0.717) is 19.0 Å². The molecule has 2 amide bonds. The van der Waals surface area contributed by atoms with Gasteiger partial charge in [0.1, 0.15) is 5.00 Å². The maximum absolute atomic E-state index is 13.2. The summed E-state index contributed by atoms with van der Waals surface area (Å²) < 4.78 is 2.16. The van der Waals surface area contributed by atoms with Crippen molar-refractivity contribution in [3.63, 3.8) is 0 Å². The van der Waals surface area contributed by atoms with Crippen LogP contribution in [0.3, 0.4) is 0 Å². The van der Waals surface area contributed by atoms with Crippen LogP contribution in [0.15, 0.2) is 23.6 Å². The van der Waals surface area contributed by atoms with Gasteiger partial charge in [-0.05, 0) is 69.5 Å². The minimum absolute atomic E-state index is 0.0815. The first kappa shape index (κ1) is 19.2. The topological polar surface area (TPSA) is 45.6 Å². The Bertz CT molecular complexity index is 836. The highest BCUT2D eigenvalue weighted by Crippen LogP contribution is 2.29. The van der Waals surface area contributed by atoms with Gasteiger partial charge < -0.3 is 14.4 Å². The van der Waals surface area contributed by atoms with E-state index in [4.69, 9.17) is 0 Å². The molecule has 0 N–H and O–H groups in total. The van der Waals surface area contributed by atoms with Crippen molar-refractivity contribution in [1.29, 1.82) is 0 Å². The number of hydrogen-bond donors (Lipinski definition) is 0. The number of amides is 2. The number of aromatic nitrogens is 1. The number of aryl methyl sites for hydroxylation is 2. The lowest BCUT2D eigenvalue weighted by Crippen LogP contribution is -2.45. The molecule has 5 nitrogen and oxygen atoms in total. The van der Waals surface area contributed by atoms with Crippen molar-refractivity contribution < 1.29 is 9.59 Å². The second kappa shape index (κ2) is 8.11. The maximum Gasteiger partial charge on any atom is 0.256 e. The molecule has 150 valence electrons. The molecule has 0 aliphatic carbocycles. The van der Waals surface area contributed by atoms with Gasteiger partial charge in [-0.2, -0.15) is 0 Å². The monoisotopic (exact) mass is 399 g/mol. The number of rotatable bonds is 3. The van der Waals surface area contributed by atoms with Gasteiger partial charge in [-0.15, -0.1) is 11.3 Å². The fourth-order valence-electron chi connectivity index (χ4n) is 4.50. The van der Waals surface area contributed by atoms with Crippen LogP contribution < -0.4 is 0 Å². The van der Waals surface area contributed by atoms with Crippen LogP contribution in [0.25, 0.3) is 5.00 Å². The molecule has 0 saturated carbocycles. The molecule has 0 atom stereocenters. The zero-order chi connectivity index (χ0) is 19.7. The maximum atomic E-state index is 13.2. The highest BCUT2D eigenvalue weighted by atomic mass is 32.1. The predicted octanol–water partition coefficient (Wildman–Crippen LogP) is 4.02. The van der Waals surface area contributed by atoms with Crippen molar-refractivity contribution in [3.05, 3.63) is 40.5 Å². The molecule has 2 fully saturated rings. The van der Waals surface area contributed by atoms with E-state index in [0.717, 1.165) is 60.7 Å². The minimum atomic E-state index is 0.0815. The molecule has 0 bridgehead atoms. The molecular formula is C22H29N3O2S. The molecule has 0 unspecified atom stereocenters. The van der Waals surface area contributed by atoms with Gasteiger partial charge in [0.2, 0.25) is 5.91 Å². The zero-order valence-electron chi connectivity index (χ0n) is 16.8. The summed E-state index contributed by atoms with van der Waals surface area (Å²) >= 11 is 1.61. The molecule has 28 heavy (non-hydrogen) atoms. The Morgan fingerprint density at radius 3 is 2.18 bits per heavy atom. The van der Waals surface area contributed by atoms with Crippen molar-refractivity contribution in [2.24, 2.45) is 5.92 Å². The molecule has 4 rings (SSSR count). The second-order valence-electron chi connectivity index (χ2n) is 8.04. The van der Waals surface area contributed by atoms with Crippen LogP contribution in [-0.2, 0) is 4.79 Å². The van der Waals surface area contributed by atoms with E-state index >= 15 is 0 Å². The number of piperidine rings is 2.